The molecule has 0 aliphatic rings. The van der Waals surface area contributed by atoms with Gasteiger partial charge in [0.25, 0.3) is 0 Å². The number of nitrogens with zero attached hydrogens (tertiary/aromatic N) is 1. The van der Waals surface area contributed by atoms with Gasteiger partial charge >= 0.3 is 0 Å². The summed E-state index contributed by atoms with van der Waals surface area (Å²) in [4.78, 5) is 3.93. The summed E-state index contributed by atoms with van der Waals surface area (Å²) in [6.45, 7) is 0.390. The highest BCUT2D eigenvalue weighted by molar-refractivity contribution is 5.57. The van der Waals surface area contributed by atoms with Crippen molar-refractivity contribution in [1.82, 2.24) is 4.98 Å². The van der Waals surface area contributed by atoms with Gasteiger partial charge in [0.15, 0.2) is 11.6 Å². The number of hydrogen-bond donors (Lipinski definition) is 1. The van der Waals surface area contributed by atoms with Crippen molar-refractivity contribution in [2.75, 3.05) is 5.32 Å². The average Bonchev–Trinajstić information content (AvgIpc) is 2.96. The zero-order chi connectivity index (χ0) is 13.8. The zero-order valence-electron chi connectivity index (χ0n) is 10.7. The maximum absolute atomic E-state index is 13.4. The molecule has 0 fully saturated rings. The van der Waals surface area contributed by atoms with Crippen LogP contribution in [-0.2, 0) is 6.54 Å². The van der Waals surface area contributed by atoms with Crippen molar-refractivity contribution >= 4 is 5.82 Å². The second-order valence-corrected chi connectivity index (χ2v) is 4.32. The molecule has 1 N–H and O–H groups in total. The van der Waals surface area contributed by atoms with E-state index in [1.54, 1.807) is 12.3 Å². The van der Waals surface area contributed by atoms with Crippen molar-refractivity contribution in [1.29, 1.82) is 0 Å². The molecule has 0 radical (unpaired) electrons. The molecule has 3 rings (SSSR count). The fourth-order valence-corrected chi connectivity index (χ4v) is 1.92. The summed E-state index contributed by atoms with van der Waals surface area (Å²) in [7, 11) is 0. The number of hydrogen-bond acceptors (Lipinski definition) is 3. The van der Waals surface area contributed by atoms with Gasteiger partial charge in [-0.15, -0.1) is 0 Å². The first-order valence-corrected chi connectivity index (χ1v) is 6.31. The third-order valence-electron chi connectivity index (χ3n) is 2.91. The molecule has 0 aliphatic heterocycles. The minimum atomic E-state index is -0.373. The highest BCUT2D eigenvalue weighted by atomic mass is 19.1. The number of halogens is 1. The SMILES string of the molecule is Fc1cccnc1NCc1ccc(-c2ccccc2)o1. The lowest BCUT2D eigenvalue weighted by Gasteiger charge is -2.04. The van der Waals surface area contributed by atoms with Crippen LogP contribution in [0.2, 0.25) is 0 Å². The largest absolute Gasteiger partial charge is 0.459 e. The van der Waals surface area contributed by atoms with Crippen molar-refractivity contribution in [3.05, 3.63) is 72.4 Å². The Kier molecular flexibility index (Phi) is 3.46. The molecule has 0 amide bonds. The van der Waals surface area contributed by atoms with E-state index < -0.39 is 0 Å². The molecule has 0 bridgehead atoms. The van der Waals surface area contributed by atoms with Crippen LogP contribution in [0.15, 0.2) is 65.2 Å². The number of aromatic nitrogens is 1. The van der Waals surface area contributed by atoms with Gasteiger partial charge in [0.1, 0.15) is 11.5 Å². The normalized spacial score (nSPS) is 10.4. The molecule has 4 heteroatoms. The summed E-state index contributed by atoms with van der Waals surface area (Å²) >= 11 is 0. The summed E-state index contributed by atoms with van der Waals surface area (Å²) < 4.78 is 19.1. The minimum absolute atomic E-state index is 0.227. The van der Waals surface area contributed by atoms with Gasteiger partial charge in [0.2, 0.25) is 0 Å². The summed E-state index contributed by atoms with van der Waals surface area (Å²) in [6.07, 6.45) is 1.54. The first-order valence-electron chi connectivity index (χ1n) is 6.31. The topological polar surface area (TPSA) is 38.1 Å². The number of benzene rings is 1. The molecule has 0 saturated carbocycles. The van der Waals surface area contributed by atoms with E-state index in [-0.39, 0.29) is 11.6 Å². The van der Waals surface area contributed by atoms with Crippen LogP contribution in [0.4, 0.5) is 10.2 Å². The number of furan rings is 1. The van der Waals surface area contributed by atoms with Gasteiger partial charge in [0, 0.05) is 11.8 Å². The van der Waals surface area contributed by atoms with Crippen molar-refractivity contribution in [2.24, 2.45) is 0 Å². The van der Waals surface area contributed by atoms with Crippen molar-refractivity contribution in [3.63, 3.8) is 0 Å². The fraction of sp³-hybridized carbons (Fsp3) is 0.0625. The van der Waals surface area contributed by atoms with Gasteiger partial charge in [-0.05, 0) is 24.3 Å². The van der Waals surface area contributed by atoms with E-state index in [1.807, 2.05) is 42.5 Å². The Balaban J connectivity index is 1.71. The van der Waals surface area contributed by atoms with Crippen LogP contribution < -0.4 is 5.32 Å². The summed E-state index contributed by atoms with van der Waals surface area (Å²) in [5, 5.41) is 2.91. The maximum Gasteiger partial charge on any atom is 0.165 e. The third-order valence-corrected chi connectivity index (χ3v) is 2.91. The van der Waals surface area contributed by atoms with E-state index in [9.17, 15) is 4.39 Å². The first kappa shape index (κ1) is 12.4. The molecular formula is C16H13FN2O. The van der Waals surface area contributed by atoms with Crippen LogP contribution in [-0.4, -0.2) is 4.98 Å². The van der Waals surface area contributed by atoms with Crippen molar-refractivity contribution in [2.45, 2.75) is 6.54 Å². The molecular weight excluding hydrogens is 255 g/mol. The zero-order valence-corrected chi connectivity index (χ0v) is 10.7. The van der Waals surface area contributed by atoms with Gasteiger partial charge in [-0.25, -0.2) is 9.37 Å². The van der Waals surface area contributed by atoms with Crippen molar-refractivity contribution in [3.8, 4) is 11.3 Å². The van der Waals surface area contributed by atoms with E-state index in [0.717, 1.165) is 17.1 Å². The molecule has 3 aromatic rings. The smallest absolute Gasteiger partial charge is 0.165 e. The van der Waals surface area contributed by atoms with Gasteiger partial charge in [-0.3, -0.25) is 0 Å². The predicted molar refractivity (Wildman–Crippen MR) is 75.7 cm³/mol. The number of pyridine rings is 1. The first-order chi connectivity index (χ1) is 9.83. The third kappa shape index (κ3) is 2.69. The molecule has 20 heavy (non-hydrogen) atoms. The molecule has 3 nitrogen and oxygen atoms in total. The molecule has 0 aliphatic carbocycles. The molecule has 100 valence electrons. The van der Waals surface area contributed by atoms with E-state index in [1.165, 1.54) is 6.07 Å². The van der Waals surface area contributed by atoms with Crippen LogP contribution in [0.25, 0.3) is 11.3 Å². The second kappa shape index (κ2) is 5.57. The molecule has 0 saturated heterocycles. The lowest BCUT2D eigenvalue weighted by molar-refractivity contribution is 0.530. The van der Waals surface area contributed by atoms with E-state index in [0.29, 0.717) is 6.54 Å². The minimum Gasteiger partial charge on any atom is -0.459 e. The van der Waals surface area contributed by atoms with E-state index >= 15 is 0 Å². The Bertz CT molecular complexity index is 694. The molecule has 1 aromatic carbocycles. The monoisotopic (exact) mass is 268 g/mol. The standard InChI is InChI=1S/C16H13FN2O/c17-14-7-4-10-18-16(14)19-11-13-8-9-15(20-13)12-5-2-1-3-6-12/h1-10H,11H2,(H,18,19). The summed E-state index contributed by atoms with van der Waals surface area (Å²) in [6, 6.07) is 16.5. The molecule has 0 spiro atoms. The highest BCUT2D eigenvalue weighted by Gasteiger charge is 2.06. The van der Waals surface area contributed by atoms with Crippen molar-refractivity contribution < 1.29 is 8.81 Å². The average molecular weight is 268 g/mol. The lowest BCUT2D eigenvalue weighted by atomic mass is 10.2. The van der Waals surface area contributed by atoms with Crippen LogP contribution in [0.3, 0.4) is 0 Å². The Morgan fingerprint density at radius 1 is 1.00 bits per heavy atom. The Morgan fingerprint density at radius 2 is 1.85 bits per heavy atom. The second-order valence-electron chi connectivity index (χ2n) is 4.32. The van der Waals surface area contributed by atoms with Crippen LogP contribution >= 0.6 is 0 Å². The molecule has 2 heterocycles. The Hall–Kier alpha value is -2.62. The quantitative estimate of drug-likeness (QED) is 0.774. The molecule has 0 atom stereocenters. The lowest BCUT2D eigenvalue weighted by Crippen LogP contribution is -2.02. The van der Waals surface area contributed by atoms with E-state index in [2.05, 4.69) is 10.3 Å². The number of rotatable bonds is 4. The highest BCUT2D eigenvalue weighted by Crippen LogP contribution is 2.22. The molecule has 2 aromatic heterocycles. The van der Waals surface area contributed by atoms with E-state index in [4.69, 9.17) is 4.42 Å². The van der Waals surface area contributed by atoms with Gasteiger partial charge in [-0.2, -0.15) is 0 Å². The predicted octanol–water partition coefficient (Wildman–Crippen LogP) is 4.09. The van der Waals surface area contributed by atoms with Crippen LogP contribution in [0.1, 0.15) is 5.76 Å². The number of nitrogens with one attached hydrogen (secondary N) is 1. The van der Waals surface area contributed by atoms with Crippen LogP contribution in [0, 0.1) is 5.82 Å². The van der Waals surface area contributed by atoms with Gasteiger partial charge in [-0.1, -0.05) is 30.3 Å². The van der Waals surface area contributed by atoms with Crippen LogP contribution in [0.5, 0.6) is 0 Å². The van der Waals surface area contributed by atoms with Gasteiger partial charge in [0.05, 0.1) is 6.54 Å². The summed E-state index contributed by atoms with van der Waals surface area (Å²) in [5.41, 5.74) is 1.02. The van der Waals surface area contributed by atoms with Gasteiger partial charge < -0.3 is 9.73 Å². The molecule has 0 unspecified atom stereocenters. The summed E-state index contributed by atoms with van der Waals surface area (Å²) in [5.74, 6) is 1.38. The number of anilines is 1. The fourth-order valence-electron chi connectivity index (χ4n) is 1.92. The maximum atomic E-state index is 13.4. The Morgan fingerprint density at radius 3 is 2.65 bits per heavy atom. The Labute approximate surface area is 116 Å².